The van der Waals surface area contributed by atoms with Crippen LogP contribution in [0.3, 0.4) is 0 Å². The van der Waals surface area contributed by atoms with Crippen LogP contribution in [0.5, 0.6) is 0 Å². The monoisotopic (exact) mass is 368 g/mol. The SMILES string of the molecule is CCOCC(=O)OCC(=O)N(CC(=O)Nc1ccc(F)cc1)C(C)(C)C. The molecule has 0 heterocycles. The van der Waals surface area contributed by atoms with Gasteiger partial charge in [0.1, 0.15) is 19.0 Å². The van der Waals surface area contributed by atoms with E-state index >= 15 is 0 Å². The zero-order valence-electron chi connectivity index (χ0n) is 15.5. The van der Waals surface area contributed by atoms with E-state index in [2.05, 4.69) is 5.32 Å². The Morgan fingerprint density at radius 2 is 1.73 bits per heavy atom. The average Bonchev–Trinajstić information content (AvgIpc) is 2.56. The highest BCUT2D eigenvalue weighted by molar-refractivity contribution is 5.95. The number of rotatable bonds is 8. The topological polar surface area (TPSA) is 84.9 Å². The second kappa shape index (κ2) is 9.86. The molecule has 0 spiro atoms. The van der Waals surface area contributed by atoms with Gasteiger partial charge in [-0.15, -0.1) is 0 Å². The Morgan fingerprint density at radius 3 is 2.27 bits per heavy atom. The normalized spacial score (nSPS) is 11.0. The molecular weight excluding hydrogens is 343 g/mol. The van der Waals surface area contributed by atoms with Gasteiger partial charge in [0.15, 0.2) is 6.61 Å². The standard InChI is InChI=1S/C18H25FN2O5/c1-5-25-12-17(24)26-11-16(23)21(18(2,3)4)10-15(22)20-14-8-6-13(19)7-9-14/h6-9H,5,10-12H2,1-4H3,(H,20,22). The summed E-state index contributed by atoms with van der Waals surface area (Å²) in [4.78, 5) is 37.3. The fourth-order valence-electron chi connectivity index (χ4n) is 2.02. The van der Waals surface area contributed by atoms with Crippen LogP contribution in [-0.4, -0.2) is 54.6 Å². The van der Waals surface area contributed by atoms with Crippen molar-refractivity contribution < 1.29 is 28.2 Å². The van der Waals surface area contributed by atoms with Gasteiger partial charge >= 0.3 is 5.97 Å². The van der Waals surface area contributed by atoms with Gasteiger partial charge in [-0.1, -0.05) is 0 Å². The summed E-state index contributed by atoms with van der Waals surface area (Å²) in [5, 5.41) is 2.59. The van der Waals surface area contributed by atoms with Crippen LogP contribution >= 0.6 is 0 Å². The van der Waals surface area contributed by atoms with Gasteiger partial charge in [0.25, 0.3) is 5.91 Å². The van der Waals surface area contributed by atoms with Crippen molar-refractivity contribution in [3.05, 3.63) is 30.1 Å². The van der Waals surface area contributed by atoms with E-state index in [0.29, 0.717) is 12.3 Å². The molecule has 0 aliphatic carbocycles. The second-order valence-corrected chi connectivity index (χ2v) is 6.50. The molecule has 8 heteroatoms. The van der Waals surface area contributed by atoms with Crippen LogP contribution < -0.4 is 5.32 Å². The minimum absolute atomic E-state index is 0.232. The first kappa shape index (κ1) is 21.6. The molecule has 1 N–H and O–H groups in total. The smallest absolute Gasteiger partial charge is 0.332 e. The zero-order chi connectivity index (χ0) is 19.7. The Labute approximate surface area is 152 Å². The number of hydrogen-bond acceptors (Lipinski definition) is 5. The summed E-state index contributed by atoms with van der Waals surface area (Å²) >= 11 is 0. The molecule has 1 rings (SSSR count). The molecule has 1 aromatic carbocycles. The molecule has 0 atom stereocenters. The van der Waals surface area contributed by atoms with Crippen LogP contribution in [-0.2, 0) is 23.9 Å². The number of halogens is 1. The summed E-state index contributed by atoms with van der Waals surface area (Å²) in [5.74, 6) is -2.01. The Balaban J connectivity index is 2.65. The summed E-state index contributed by atoms with van der Waals surface area (Å²) in [6.07, 6.45) is 0. The van der Waals surface area contributed by atoms with Crippen molar-refractivity contribution in [2.45, 2.75) is 33.2 Å². The Morgan fingerprint density at radius 1 is 1.12 bits per heavy atom. The summed E-state index contributed by atoms with van der Waals surface area (Å²) < 4.78 is 22.7. The molecule has 26 heavy (non-hydrogen) atoms. The maximum atomic E-state index is 12.9. The van der Waals surface area contributed by atoms with Crippen molar-refractivity contribution in [3.8, 4) is 0 Å². The fraction of sp³-hybridized carbons (Fsp3) is 0.500. The lowest BCUT2D eigenvalue weighted by Crippen LogP contribution is -2.50. The van der Waals surface area contributed by atoms with Crippen molar-refractivity contribution in [1.82, 2.24) is 4.90 Å². The van der Waals surface area contributed by atoms with Crippen LogP contribution in [0.25, 0.3) is 0 Å². The molecule has 1 aromatic rings. The van der Waals surface area contributed by atoms with Crippen molar-refractivity contribution in [2.75, 3.05) is 31.7 Å². The number of carbonyl (C=O) groups is 3. The minimum atomic E-state index is -0.663. The largest absolute Gasteiger partial charge is 0.454 e. The number of nitrogens with zero attached hydrogens (tertiary/aromatic N) is 1. The molecule has 144 valence electrons. The Hall–Kier alpha value is -2.48. The predicted molar refractivity (Wildman–Crippen MR) is 93.9 cm³/mol. The summed E-state index contributed by atoms with van der Waals surface area (Å²) in [5.41, 5.74) is -0.246. The van der Waals surface area contributed by atoms with E-state index in [9.17, 15) is 18.8 Å². The highest BCUT2D eigenvalue weighted by atomic mass is 19.1. The van der Waals surface area contributed by atoms with E-state index in [1.54, 1.807) is 27.7 Å². The molecule has 7 nitrogen and oxygen atoms in total. The van der Waals surface area contributed by atoms with E-state index in [-0.39, 0.29) is 13.2 Å². The van der Waals surface area contributed by atoms with Gasteiger partial charge in [0.05, 0.1) is 0 Å². The van der Waals surface area contributed by atoms with Gasteiger partial charge < -0.3 is 19.7 Å². The highest BCUT2D eigenvalue weighted by Crippen LogP contribution is 2.15. The summed E-state index contributed by atoms with van der Waals surface area (Å²) in [6, 6.07) is 5.29. The number of carbonyl (C=O) groups excluding carboxylic acids is 3. The van der Waals surface area contributed by atoms with E-state index in [4.69, 9.17) is 9.47 Å². The van der Waals surface area contributed by atoms with E-state index in [1.165, 1.54) is 29.2 Å². The van der Waals surface area contributed by atoms with Crippen LogP contribution in [0.4, 0.5) is 10.1 Å². The first-order chi connectivity index (χ1) is 12.1. The number of esters is 1. The van der Waals surface area contributed by atoms with Crippen LogP contribution in [0.2, 0.25) is 0 Å². The van der Waals surface area contributed by atoms with Gasteiger partial charge in [-0.05, 0) is 52.0 Å². The lowest BCUT2D eigenvalue weighted by molar-refractivity contribution is -0.157. The van der Waals surface area contributed by atoms with Gasteiger partial charge in [0.2, 0.25) is 5.91 Å². The zero-order valence-corrected chi connectivity index (χ0v) is 15.5. The van der Waals surface area contributed by atoms with Crippen molar-refractivity contribution in [3.63, 3.8) is 0 Å². The van der Waals surface area contributed by atoms with E-state index in [0.717, 1.165) is 0 Å². The summed E-state index contributed by atoms with van der Waals surface area (Å²) in [7, 11) is 0. The third-order valence-electron chi connectivity index (χ3n) is 3.32. The molecule has 0 saturated heterocycles. The number of ether oxygens (including phenoxy) is 2. The van der Waals surface area contributed by atoms with Crippen molar-refractivity contribution >= 4 is 23.5 Å². The third kappa shape index (κ3) is 7.60. The van der Waals surface area contributed by atoms with Gasteiger partial charge in [0, 0.05) is 17.8 Å². The first-order valence-corrected chi connectivity index (χ1v) is 8.22. The average molecular weight is 368 g/mol. The Kier molecular flexibility index (Phi) is 8.18. The molecule has 0 fully saturated rings. The number of hydrogen-bond donors (Lipinski definition) is 1. The minimum Gasteiger partial charge on any atom is -0.454 e. The third-order valence-corrected chi connectivity index (χ3v) is 3.32. The summed E-state index contributed by atoms with van der Waals surface area (Å²) in [6.45, 7) is 6.44. The fourth-order valence-corrected chi connectivity index (χ4v) is 2.02. The van der Waals surface area contributed by atoms with E-state index in [1.807, 2.05) is 0 Å². The molecule has 0 bridgehead atoms. The maximum absolute atomic E-state index is 12.9. The van der Waals surface area contributed by atoms with Crippen LogP contribution in [0.15, 0.2) is 24.3 Å². The lowest BCUT2D eigenvalue weighted by Gasteiger charge is -2.35. The first-order valence-electron chi connectivity index (χ1n) is 8.22. The van der Waals surface area contributed by atoms with Crippen LogP contribution in [0.1, 0.15) is 27.7 Å². The quantitative estimate of drug-likeness (QED) is 0.709. The van der Waals surface area contributed by atoms with Gasteiger partial charge in [-0.3, -0.25) is 9.59 Å². The maximum Gasteiger partial charge on any atom is 0.332 e. The predicted octanol–water partition coefficient (Wildman–Crippen LogP) is 1.97. The van der Waals surface area contributed by atoms with Crippen molar-refractivity contribution in [1.29, 1.82) is 0 Å². The highest BCUT2D eigenvalue weighted by Gasteiger charge is 2.29. The van der Waals surface area contributed by atoms with Crippen LogP contribution in [0, 0.1) is 5.82 Å². The molecule has 0 aliphatic rings. The molecule has 0 unspecified atom stereocenters. The molecule has 2 amide bonds. The molecular formula is C18H25FN2O5. The number of nitrogens with one attached hydrogen (secondary N) is 1. The van der Waals surface area contributed by atoms with E-state index < -0.39 is 35.7 Å². The number of benzene rings is 1. The molecule has 0 aliphatic heterocycles. The van der Waals surface area contributed by atoms with Gasteiger partial charge in [-0.25, -0.2) is 9.18 Å². The van der Waals surface area contributed by atoms with Gasteiger partial charge in [-0.2, -0.15) is 0 Å². The molecule has 0 saturated carbocycles. The van der Waals surface area contributed by atoms with Crippen molar-refractivity contribution in [2.24, 2.45) is 0 Å². The number of amides is 2. The number of anilines is 1. The lowest BCUT2D eigenvalue weighted by atomic mass is 10.1. The second-order valence-electron chi connectivity index (χ2n) is 6.50. The Bertz CT molecular complexity index is 625. The molecule has 0 radical (unpaired) electrons. The molecule has 0 aromatic heterocycles.